The summed E-state index contributed by atoms with van der Waals surface area (Å²) in [5.41, 5.74) is 0.0226. The molecule has 0 bridgehead atoms. The Bertz CT molecular complexity index is 441. The number of aromatic carboxylic acids is 1. The van der Waals surface area contributed by atoms with Gasteiger partial charge in [0, 0.05) is 12.6 Å². The lowest BCUT2D eigenvalue weighted by molar-refractivity contribution is -0.117. The van der Waals surface area contributed by atoms with Crippen LogP contribution in [0, 0.1) is 5.92 Å². The van der Waals surface area contributed by atoms with E-state index in [0.717, 1.165) is 12.8 Å². The zero-order chi connectivity index (χ0) is 12.3. The highest BCUT2D eigenvalue weighted by Gasteiger charge is 2.21. The highest BCUT2D eigenvalue weighted by molar-refractivity contribution is 5.99. The van der Waals surface area contributed by atoms with E-state index in [-0.39, 0.29) is 17.3 Å². The van der Waals surface area contributed by atoms with Gasteiger partial charge in [-0.1, -0.05) is 6.42 Å². The standard InChI is InChI=1S/C12H14N2O3/c15-10(7-8-3-1-4-8)14-11-9(12(16)17)5-2-6-13-11/h2,5-6,8H,1,3-4,7H2,(H,16,17)(H,13,14,15). The van der Waals surface area contributed by atoms with E-state index in [0.29, 0.717) is 12.3 Å². The fraction of sp³-hybridized carbons (Fsp3) is 0.417. The SMILES string of the molecule is O=C(CC1CCC1)Nc1ncccc1C(=O)O. The lowest BCUT2D eigenvalue weighted by Gasteiger charge is -2.24. The molecule has 1 saturated carbocycles. The number of carbonyl (C=O) groups excluding carboxylic acids is 1. The van der Waals surface area contributed by atoms with Gasteiger partial charge in [-0.25, -0.2) is 9.78 Å². The first-order valence-corrected chi connectivity index (χ1v) is 5.65. The van der Waals surface area contributed by atoms with Crippen LogP contribution in [0.15, 0.2) is 18.3 Å². The Kier molecular flexibility index (Phi) is 3.37. The number of hydrogen-bond donors (Lipinski definition) is 2. The monoisotopic (exact) mass is 234 g/mol. The topological polar surface area (TPSA) is 79.3 Å². The predicted octanol–water partition coefficient (Wildman–Crippen LogP) is 1.91. The van der Waals surface area contributed by atoms with Crippen molar-refractivity contribution in [3.63, 3.8) is 0 Å². The van der Waals surface area contributed by atoms with Crippen LogP contribution in [0.3, 0.4) is 0 Å². The number of nitrogens with one attached hydrogen (secondary N) is 1. The number of carboxylic acid groups (broad SMARTS) is 1. The van der Waals surface area contributed by atoms with Crippen LogP contribution in [0.25, 0.3) is 0 Å². The number of hydrogen-bond acceptors (Lipinski definition) is 3. The van der Waals surface area contributed by atoms with Crippen molar-refractivity contribution in [2.75, 3.05) is 5.32 Å². The molecule has 2 rings (SSSR count). The van der Waals surface area contributed by atoms with Gasteiger partial charge in [-0.05, 0) is 30.9 Å². The van der Waals surface area contributed by atoms with Crippen molar-refractivity contribution >= 4 is 17.7 Å². The number of anilines is 1. The van der Waals surface area contributed by atoms with Crippen LogP contribution in [-0.2, 0) is 4.79 Å². The highest BCUT2D eigenvalue weighted by atomic mass is 16.4. The maximum absolute atomic E-state index is 11.6. The molecule has 0 spiro atoms. The molecule has 5 nitrogen and oxygen atoms in total. The second kappa shape index (κ2) is 4.95. The fourth-order valence-corrected chi connectivity index (χ4v) is 1.82. The van der Waals surface area contributed by atoms with E-state index in [1.807, 2.05) is 0 Å². The number of rotatable bonds is 4. The van der Waals surface area contributed by atoms with Crippen LogP contribution in [0.5, 0.6) is 0 Å². The summed E-state index contributed by atoms with van der Waals surface area (Å²) in [7, 11) is 0. The lowest BCUT2D eigenvalue weighted by Crippen LogP contribution is -2.22. The summed E-state index contributed by atoms with van der Waals surface area (Å²) in [6, 6.07) is 2.96. The van der Waals surface area contributed by atoms with Gasteiger partial charge in [-0.3, -0.25) is 4.79 Å². The van der Waals surface area contributed by atoms with Gasteiger partial charge in [0.1, 0.15) is 11.4 Å². The van der Waals surface area contributed by atoms with Crippen molar-refractivity contribution in [1.29, 1.82) is 0 Å². The molecule has 1 aliphatic rings. The average molecular weight is 234 g/mol. The largest absolute Gasteiger partial charge is 0.478 e. The summed E-state index contributed by atoms with van der Waals surface area (Å²) in [5, 5.41) is 11.5. The fourth-order valence-electron chi connectivity index (χ4n) is 1.82. The summed E-state index contributed by atoms with van der Waals surface area (Å²) in [5.74, 6) is -0.663. The van der Waals surface area contributed by atoms with E-state index >= 15 is 0 Å². The third-order valence-corrected chi connectivity index (χ3v) is 2.99. The minimum absolute atomic E-state index is 0.0226. The molecule has 1 aromatic rings. The molecule has 0 atom stereocenters. The smallest absolute Gasteiger partial charge is 0.339 e. The Morgan fingerprint density at radius 2 is 2.24 bits per heavy atom. The van der Waals surface area contributed by atoms with Crippen LogP contribution >= 0.6 is 0 Å². The van der Waals surface area contributed by atoms with Gasteiger partial charge < -0.3 is 10.4 Å². The van der Waals surface area contributed by atoms with Crippen LogP contribution in [0.1, 0.15) is 36.0 Å². The van der Waals surface area contributed by atoms with E-state index in [4.69, 9.17) is 5.11 Å². The first-order chi connectivity index (χ1) is 8.16. The second-order valence-electron chi connectivity index (χ2n) is 4.25. The number of pyridine rings is 1. The van der Waals surface area contributed by atoms with Crippen molar-refractivity contribution in [1.82, 2.24) is 4.98 Å². The van der Waals surface area contributed by atoms with Gasteiger partial charge in [0.15, 0.2) is 0 Å². The molecular formula is C12H14N2O3. The summed E-state index contributed by atoms with van der Waals surface area (Å²) >= 11 is 0. The maximum atomic E-state index is 11.6. The molecule has 0 aliphatic heterocycles. The number of aromatic nitrogens is 1. The zero-order valence-corrected chi connectivity index (χ0v) is 9.35. The van der Waals surface area contributed by atoms with Crippen molar-refractivity contribution < 1.29 is 14.7 Å². The van der Waals surface area contributed by atoms with Gasteiger partial charge in [0.2, 0.25) is 5.91 Å². The summed E-state index contributed by atoms with van der Waals surface area (Å²) < 4.78 is 0. The van der Waals surface area contributed by atoms with Crippen LogP contribution in [0.2, 0.25) is 0 Å². The molecule has 2 N–H and O–H groups in total. The molecule has 1 aromatic heterocycles. The maximum Gasteiger partial charge on any atom is 0.339 e. The van der Waals surface area contributed by atoms with E-state index in [9.17, 15) is 9.59 Å². The van der Waals surface area contributed by atoms with Crippen LogP contribution in [-0.4, -0.2) is 22.0 Å². The predicted molar refractivity (Wildman–Crippen MR) is 61.8 cm³/mol. The zero-order valence-electron chi connectivity index (χ0n) is 9.35. The number of amides is 1. The minimum Gasteiger partial charge on any atom is -0.478 e. The molecule has 1 fully saturated rings. The lowest BCUT2D eigenvalue weighted by atomic mass is 9.83. The number of carbonyl (C=O) groups is 2. The number of nitrogens with zero attached hydrogens (tertiary/aromatic N) is 1. The minimum atomic E-state index is -1.09. The van der Waals surface area contributed by atoms with E-state index in [1.54, 1.807) is 0 Å². The van der Waals surface area contributed by atoms with Gasteiger partial charge in [0.05, 0.1) is 0 Å². The van der Waals surface area contributed by atoms with Crippen molar-refractivity contribution in [2.45, 2.75) is 25.7 Å². The van der Waals surface area contributed by atoms with Gasteiger partial charge in [-0.15, -0.1) is 0 Å². The van der Waals surface area contributed by atoms with E-state index < -0.39 is 5.97 Å². The van der Waals surface area contributed by atoms with Gasteiger partial charge in [-0.2, -0.15) is 0 Å². The molecule has 0 aromatic carbocycles. The molecule has 5 heteroatoms. The normalized spacial score (nSPS) is 15.1. The molecule has 0 radical (unpaired) electrons. The first-order valence-electron chi connectivity index (χ1n) is 5.65. The average Bonchev–Trinajstić information content (AvgIpc) is 2.24. The summed E-state index contributed by atoms with van der Waals surface area (Å²) in [4.78, 5) is 26.4. The Labute approximate surface area is 98.9 Å². The van der Waals surface area contributed by atoms with E-state index in [2.05, 4.69) is 10.3 Å². The number of carboxylic acids is 1. The van der Waals surface area contributed by atoms with E-state index in [1.165, 1.54) is 24.8 Å². The highest BCUT2D eigenvalue weighted by Crippen LogP contribution is 2.29. The van der Waals surface area contributed by atoms with Crippen molar-refractivity contribution in [2.24, 2.45) is 5.92 Å². The van der Waals surface area contributed by atoms with Crippen LogP contribution in [0.4, 0.5) is 5.82 Å². The molecule has 17 heavy (non-hydrogen) atoms. The summed E-state index contributed by atoms with van der Waals surface area (Å²) in [6.45, 7) is 0. The van der Waals surface area contributed by atoms with Crippen LogP contribution < -0.4 is 5.32 Å². The van der Waals surface area contributed by atoms with Crippen molar-refractivity contribution in [3.05, 3.63) is 23.9 Å². The Balaban J connectivity index is 2.01. The third-order valence-electron chi connectivity index (χ3n) is 2.99. The molecule has 90 valence electrons. The Morgan fingerprint density at radius 1 is 1.47 bits per heavy atom. The Morgan fingerprint density at radius 3 is 2.82 bits per heavy atom. The second-order valence-corrected chi connectivity index (χ2v) is 4.25. The molecule has 0 unspecified atom stereocenters. The van der Waals surface area contributed by atoms with Crippen molar-refractivity contribution in [3.8, 4) is 0 Å². The quantitative estimate of drug-likeness (QED) is 0.834. The Hall–Kier alpha value is -1.91. The third kappa shape index (κ3) is 2.81. The van der Waals surface area contributed by atoms with Gasteiger partial charge >= 0.3 is 5.97 Å². The van der Waals surface area contributed by atoms with Gasteiger partial charge in [0.25, 0.3) is 0 Å². The summed E-state index contributed by atoms with van der Waals surface area (Å²) in [6.07, 6.45) is 5.27. The molecule has 0 saturated heterocycles. The molecule has 1 amide bonds. The first kappa shape index (κ1) is 11.6. The molecule has 1 heterocycles. The molecular weight excluding hydrogens is 220 g/mol. The molecule has 1 aliphatic carbocycles.